The van der Waals surface area contributed by atoms with Crippen LogP contribution in [0.4, 0.5) is 10.1 Å². The molecule has 0 fully saturated rings. The van der Waals surface area contributed by atoms with E-state index in [9.17, 15) is 9.18 Å². The van der Waals surface area contributed by atoms with Gasteiger partial charge in [-0.05, 0) is 12.1 Å². The molecule has 1 atom stereocenters. The highest BCUT2D eigenvalue weighted by molar-refractivity contribution is 7.80. The van der Waals surface area contributed by atoms with E-state index in [1.54, 1.807) is 19.1 Å². The largest absolute Gasteiger partial charge is 0.393 e. The van der Waals surface area contributed by atoms with Gasteiger partial charge in [0.15, 0.2) is 0 Å². The van der Waals surface area contributed by atoms with Crippen LogP contribution in [0.3, 0.4) is 0 Å². The van der Waals surface area contributed by atoms with E-state index in [0.717, 1.165) is 0 Å². The maximum absolute atomic E-state index is 13.2. The lowest BCUT2D eigenvalue weighted by atomic mass is 10.1. The summed E-state index contributed by atoms with van der Waals surface area (Å²) >= 11 is 4.75. The van der Waals surface area contributed by atoms with Crippen molar-refractivity contribution in [3.05, 3.63) is 30.1 Å². The summed E-state index contributed by atoms with van der Waals surface area (Å²) in [5.41, 5.74) is 5.55. The third kappa shape index (κ3) is 3.58. The average molecular weight is 240 g/mol. The maximum Gasteiger partial charge on any atom is 0.225 e. The van der Waals surface area contributed by atoms with Crippen molar-refractivity contribution in [2.24, 2.45) is 11.7 Å². The van der Waals surface area contributed by atoms with E-state index in [0.29, 0.717) is 0 Å². The highest BCUT2D eigenvalue weighted by Gasteiger charge is 2.12. The standard InChI is InChI=1S/C11H13FN2OS/c1-7(11(13)16)6-10(15)14-9-5-3-2-4-8(9)12/h2-5,7H,6H2,1H3,(H2,13,16)(H,14,15). The quantitative estimate of drug-likeness (QED) is 0.792. The second-order valence-electron chi connectivity index (χ2n) is 3.54. The van der Waals surface area contributed by atoms with E-state index in [2.05, 4.69) is 5.32 Å². The Hall–Kier alpha value is -1.49. The molecule has 3 N–H and O–H groups in total. The molecule has 16 heavy (non-hydrogen) atoms. The summed E-state index contributed by atoms with van der Waals surface area (Å²) in [5.74, 6) is -0.953. The molecule has 1 rings (SSSR count). The summed E-state index contributed by atoms with van der Waals surface area (Å²) in [7, 11) is 0. The Morgan fingerprint density at radius 2 is 2.19 bits per heavy atom. The third-order valence-corrected chi connectivity index (χ3v) is 2.53. The molecule has 3 nitrogen and oxygen atoms in total. The van der Waals surface area contributed by atoms with Crippen molar-refractivity contribution in [1.29, 1.82) is 0 Å². The van der Waals surface area contributed by atoms with Crippen molar-refractivity contribution in [2.75, 3.05) is 5.32 Å². The van der Waals surface area contributed by atoms with Crippen molar-refractivity contribution >= 4 is 28.8 Å². The minimum Gasteiger partial charge on any atom is -0.393 e. The van der Waals surface area contributed by atoms with Gasteiger partial charge in [0.1, 0.15) is 5.82 Å². The first-order chi connectivity index (χ1) is 7.50. The lowest BCUT2D eigenvalue weighted by Gasteiger charge is -2.10. The Kier molecular flexibility index (Phi) is 4.37. The lowest BCUT2D eigenvalue weighted by Crippen LogP contribution is -2.24. The number of carbonyl (C=O) groups is 1. The molecule has 0 heterocycles. The third-order valence-electron chi connectivity index (χ3n) is 2.13. The molecule has 1 aromatic rings. The molecule has 1 unspecified atom stereocenters. The number of amides is 1. The van der Waals surface area contributed by atoms with Crippen LogP contribution in [0, 0.1) is 11.7 Å². The smallest absolute Gasteiger partial charge is 0.225 e. The normalized spacial score (nSPS) is 11.9. The first-order valence-corrected chi connectivity index (χ1v) is 5.25. The Labute approximate surface area is 98.8 Å². The summed E-state index contributed by atoms with van der Waals surface area (Å²) in [6.07, 6.45) is 0.156. The predicted octanol–water partition coefficient (Wildman–Crippen LogP) is 2.08. The minimum atomic E-state index is -0.459. The number of nitrogens with one attached hydrogen (secondary N) is 1. The Bertz CT molecular complexity index is 409. The number of para-hydroxylation sites is 1. The van der Waals surface area contributed by atoms with E-state index < -0.39 is 5.82 Å². The second kappa shape index (κ2) is 5.55. The number of hydrogen-bond donors (Lipinski definition) is 2. The fourth-order valence-corrected chi connectivity index (χ4v) is 1.23. The van der Waals surface area contributed by atoms with Gasteiger partial charge in [0.05, 0.1) is 10.7 Å². The summed E-state index contributed by atoms with van der Waals surface area (Å²) in [6.45, 7) is 1.75. The molecule has 0 radical (unpaired) electrons. The number of nitrogens with two attached hydrogens (primary N) is 1. The number of rotatable bonds is 4. The number of carbonyl (C=O) groups excluding carboxylic acids is 1. The van der Waals surface area contributed by atoms with Gasteiger partial charge < -0.3 is 11.1 Å². The molecule has 0 spiro atoms. The van der Waals surface area contributed by atoms with Crippen LogP contribution in [0.2, 0.25) is 0 Å². The van der Waals surface area contributed by atoms with Gasteiger partial charge in [0.2, 0.25) is 5.91 Å². The summed E-state index contributed by atoms with van der Waals surface area (Å²) in [5, 5.41) is 2.47. The van der Waals surface area contributed by atoms with E-state index in [1.165, 1.54) is 12.1 Å². The molecule has 0 aliphatic carbocycles. The number of anilines is 1. The van der Waals surface area contributed by atoms with Gasteiger partial charge in [0.25, 0.3) is 0 Å². The van der Waals surface area contributed by atoms with Crippen molar-refractivity contribution in [1.82, 2.24) is 0 Å². The molecule has 0 bridgehead atoms. The molecule has 0 aliphatic heterocycles. The summed E-state index contributed by atoms with van der Waals surface area (Å²) in [4.78, 5) is 11.8. The number of halogens is 1. The van der Waals surface area contributed by atoms with E-state index in [4.69, 9.17) is 18.0 Å². The van der Waals surface area contributed by atoms with Crippen molar-refractivity contribution in [3.8, 4) is 0 Å². The molecule has 0 aliphatic rings. The molecule has 1 aromatic carbocycles. The average Bonchev–Trinajstić information content (AvgIpc) is 2.21. The highest BCUT2D eigenvalue weighted by Crippen LogP contribution is 2.13. The van der Waals surface area contributed by atoms with Crippen molar-refractivity contribution in [3.63, 3.8) is 0 Å². The molecule has 5 heteroatoms. The first-order valence-electron chi connectivity index (χ1n) is 4.84. The minimum absolute atomic E-state index is 0.156. The van der Waals surface area contributed by atoms with Gasteiger partial charge in [-0.3, -0.25) is 4.79 Å². The molecule has 0 saturated carbocycles. The second-order valence-corrected chi connectivity index (χ2v) is 4.01. The van der Waals surface area contributed by atoms with Crippen molar-refractivity contribution in [2.45, 2.75) is 13.3 Å². The topological polar surface area (TPSA) is 55.1 Å². The SMILES string of the molecule is CC(CC(=O)Nc1ccccc1F)C(N)=S. The number of hydrogen-bond acceptors (Lipinski definition) is 2. The van der Waals surface area contributed by atoms with Crippen LogP contribution in [0.5, 0.6) is 0 Å². The fraction of sp³-hybridized carbons (Fsp3) is 0.273. The maximum atomic E-state index is 13.2. The highest BCUT2D eigenvalue weighted by atomic mass is 32.1. The van der Waals surface area contributed by atoms with Gasteiger partial charge >= 0.3 is 0 Å². The van der Waals surface area contributed by atoms with Gasteiger partial charge in [-0.15, -0.1) is 0 Å². The van der Waals surface area contributed by atoms with Gasteiger partial charge in [0, 0.05) is 12.3 Å². The summed E-state index contributed by atoms with van der Waals surface area (Å²) in [6, 6.07) is 5.99. The Morgan fingerprint density at radius 3 is 2.75 bits per heavy atom. The zero-order chi connectivity index (χ0) is 12.1. The summed E-state index contributed by atoms with van der Waals surface area (Å²) < 4.78 is 13.2. The lowest BCUT2D eigenvalue weighted by molar-refractivity contribution is -0.116. The van der Waals surface area contributed by atoms with Crippen LogP contribution >= 0.6 is 12.2 Å². The van der Waals surface area contributed by atoms with E-state index in [1.807, 2.05) is 0 Å². The van der Waals surface area contributed by atoms with Crippen LogP contribution in [-0.4, -0.2) is 10.9 Å². The van der Waals surface area contributed by atoms with Gasteiger partial charge in [-0.25, -0.2) is 4.39 Å². The molecular weight excluding hydrogens is 227 g/mol. The Balaban J connectivity index is 2.59. The molecule has 1 amide bonds. The van der Waals surface area contributed by atoms with Crippen LogP contribution < -0.4 is 11.1 Å². The molecular formula is C11H13FN2OS. The van der Waals surface area contributed by atoms with Gasteiger partial charge in [-0.1, -0.05) is 31.3 Å². The molecule has 0 aromatic heterocycles. The van der Waals surface area contributed by atoms with Crippen LogP contribution in [-0.2, 0) is 4.79 Å². The number of thiocarbonyl (C=S) groups is 1. The van der Waals surface area contributed by atoms with E-state index in [-0.39, 0.29) is 28.9 Å². The van der Waals surface area contributed by atoms with Gasteiger partial charge in [-0.2, -0.15) is 0 Å². The van der Waals surface area contributed by atoms with E-state index >= 15 is 0 Å². The van der Waals surface area contributed by atoms with Crippen LogP contribution in [0.25, 0.3) is 0 Å². The van der Waals surface area contributed by atoms with Crippen LogP contribution in [0.15, 0.2) is 24.3 Å². The number of benzene rings is 1. The molecule has 0 saturated heterocycles. The Morgan fingerprint density at radius 1 is 1.56 bits per heavy atom. The zero-order valence-corrected chi connectivity index (χ0v) is 9.68. The predicted molar refractivity (Wildman–Crippen MR) is 65.6 cm³/mol. The zero-order valence-electron chi connectivity index (χ0n) is 8.87. The first kappa shape index (κ1) is 12.6. The monoisotopic (exact) mass is 240 g/mol. The van der Waals surface area contributed by atoms with Crippen LogP contribution in [0.1, 0.15) is 13.3 Å². The van der Waals surface area contributed by atoms with Crippen molar-refractivity contribution < 1.29 is 9.18 Å². The molecule has 86 valence electrons. The fourth-order valence-electron chi connectivity index (χ4n) is 1.14.